The van der Waals surface area contributed by atoms with Crippen LogP contribution in [0.3, 0.4) is 0 Å². The summed E-state index contributed by atoms with van der Waals surface area (Å²) in [5, 5.41) is 2.78. The van der Waals surface area contributed by atoms with Gasteiger partial charge in [-0.2, -0.15) is 0 Å². The average molecular weight is 379 g/mol. The van der Waals surface area contributed by atoms with Crippen LogP contribution in [0.25, 0.3) is 11.4 Å². The van der Waals surface area contributed by atoms with E-state index in [-0.39, 0.29) is 24.3 Å². The van der Waals surface area contributed by atoms with Crippen molar-refractivity contribution in [2.75, 3.05) is 11.9 Å². The van der Waals surface area contributed by atoms with Crippen molar-refractivity contribution in [3.63, 3.8) is 0 Å². The number of carbonyl (C=O) groups excluding carboxylic acids is 1. The first-order chi connectivity index (χ1) is 13.6. The van der Waals surface area contributed by atoms with Crippen LogP contribution in [0.5, 0.6) is 5.88 Å². The van der Waals surface area contributed by atoms with Gasteiger partial charge in [-0.15, -0.1) is 0 Å². The van der Waals surface area contributed by atoms with E-state index < -0.39 is 0 Å². The molecule has 0 aromatic carbocycles. The number of nitrogens with zero attached hydrogens (tertiary/aromatic N) is 3. The SMILES string of the molecule is CCOc1ncccc1NC(=O)CCc1c(C)nc(-c2ccncc2)[nH]c1=O. The van der Waals surface area contributed by atoms with Crippen molar-refractivity contribution >= 4 is 11.6 Å². The van der Waals surface area contributed by atoms with Gasteiger partial charge in [-0.1, -0.05) is 0 Å². The molecule has 0 unspecified atom stereocenters. The highest BCUT2D eigenvalue weighted by atomic mass is 16.5. The molecule has 0 saturated heterocycles. The predicted octanol–water partition coefficient (Wildman–Crippen LogP) is 2.51. The van der Waals surface area contributed by atoms with Gasteiger partial charge in [-0.25, -0.2) is 9.97 Å². The molecule has 0 spiro atoms. The van der Waals surface area contributed by atoms with E-state index in [1.807, 2.05) is 6.92 Å². The maximum atomic E-state index is 12.5. The molecule has 3 rings (SSSR count). The molecule has 28 heavy (non-hydrogen) atoms. The number of rotatable bonds is 7. The Hall–Kier alpha value is -3.55. The molecule has 3 heterocycles. The van der Waals surface area contributed by atoms with Crippen LogP contribution in [0.4, 0.5) is 5.69 Å². The molecule has 0 saturated carbocycles. The second-order valence-corrected chi connectivity index (χ2v) is 6.05. The van der Waals surface area contributed by atoms with Crippen LogP contribution < -0.4 is 15.6 Å². The molecule has 3 aromatic heterocycles. The van der Waals surface area contributed by atoms with Gasteiger partial charge in [0.1, 0.15) is 11.5 Å². The zero-order valence-corrected chi connectivity index (χ0v) is 15.7. The highest BCUT2D eigenvalue weighted by Gasteiger charge is 2.13. The topological polar surface area (TPSA) is 110 Å². The summed E-state index contributed by atoms with van der Waals surface area (Å²) in [6, 6.07) is 6.98. The highest BCUT2D eigenvalue weighted by Crippen LogP contribution is 2.21. The Labute approximate surface area is 162 Å². The van der Waals surface area contributed by atoms with Crippen molar-refractivity contribution in [2.45, 2.75) is 26.7 Å². The summed E-state index contributed by atoms with van der Waals surface area (Å²) in [4.78, 5) is 40.1. The second kappa shape index (κ2) is 8.90. The van der Waals surface area contributed by atoms with Crippen molar-refractivity contribution in [1.29, 1.82) is 0 Å². The van der Waals surface area contributed by atoms with Gasteiger partial charge in [0, 0.05) is 41.8 Å². The Balaban J connectivity index is 1.69. The van der Waals surface area contributed by atoms with Gasteiger partial charge in [0.2, 0.25) is 11.8 Å². The van der Waals surface area contributed by atoms with Crippen molar-refractivity contribution in [3.8, 4) is 17.3 Å². The maximum Gasteiger partial charge on any atom is 0.254 e. The number of aromatic amines is 1. The minimum atomic E-state index is -0.247. The maximum absolute atomic E-state index is 12.5. The number of amides is 1. The fourth-order valence-corrected chi connectivity index (χ4v) is 2.74. The molecule has 0 atom stereocenters. The number of anilines is 1. The zero-order chi connectivity index (χ0) is 19.9. The smallest absolute Gasteiger partial charge is 0.254 e. The summed E-state index contributed by atoms with van der Waals surface area (Å²) in [5.74, 6) is 0.622. The van der Waals surface area contributed by atoms with Crippen LogP contribution in [-0.4, -0.2) is 32.4 Å². The molecule has 0 aliphatic rings. The van der Waals surface area contributed by atoms with Gasteiger partial charge < -0.3 is 15.0 Å². The first-order valence-corrected chi connectivity index (χ1v) is 8.96. The Morgan fingerprint density at radius 3 is 2.71 bits per heavy atom. The van der Waals surface area contributed by atoms with E-state index in [1.54, 1.807) is 49.8 Å². The Bertz CT molecular complexity index is 1020. The summed E-state index contributed by atoms with van der Waals surface area (Å²) >= 11 is 0. The standard InChI is InChI=1S/C20H21N5O3/c1-3-28-20-16(5-4-10-22-20)24-17(26)7-6-15-13(2)23-18(25-19(15)27)14-8-11-21-12-9-14/h4-5,8-12H,3,6-7H2,1-2H3,(H,24,26)(H,23,25,27). The number of carbonyl (C=O) groups is 1. The summed E-state index contributed by atoms with van der Waals surface area (Å²) in [7, 11) is 0. The lowest BCUT2D eigenvalue weighted by Crippen LogP contribution is -2.20. The van der Waals surface area contributed by atoms with Gasteiger partial charge in [0.15, 0.2) is 0 Å². The van der Waals surface area contributed by atoms with Gasteiger partial charge in [0.05, 0.1) is 6.61 Å². The third-order valence-electron chi connectivity index (χ3n) is 4.10. The third kappa shape index (κ3) is 4.59. The minimum Gasteiger partial charge on any atom is -0.476 e. The number of nitrogens with one attached hydrogen (secondary N) is 2. The first-order valence-electron chi connectivity index (χ1n) is 8.96. The molecular formula is C20H21N5O3. The monoisotopic (exact) mass is 379 g/mol. The van der Waals surface area contributed by atoms with E-state index >= 15 is 0 Å². The van der Waals surface area contributed by atoms with Crippen LogP contribution in [0.15, 0.2) is 47.7 Å². The summed E-state index contributed by atoms with van der Waals surface area (Å²) in [5.41, 5.74) is 2.12. The van der Waals surface area contributed by atoms with Crippen molar-refractivity contribution in [3.05, 3.63) is 64.5 Å². The van der Waals surface area contributed by atoms with Crippen molar-refractivity contribution in [1.82, 2.24) is 19.9 Å². The molecule has 0 aliphatic carbocycles. The first kappa shape index (κ1) is 19.2. The van der Waals surface area contributed by atoms with E-state index in [9.17, 15) is 9.59 Å². The molecule has 0 aliphatic heterocycles. The summed E-state index contributed by atoms with van der Waals surface area (Å²) in [6.07, 6.45) is 5.29. The summed E-state index contributed by atoms with van der Waals surface area (Å²) < 4.78 is 5.40. The number of H-pyrrole nitrogens is 1. The largest absolute Gasteiger partial charge is 0.476 e. The lowest BCUT2D eigenvalue weighted by Gasteiger charge is -2.10. The van der Waals surface area contributed by atoms with Crippen molar-refractivity contribution < 1.29 is 9.53 Å². The van der Waals surface area contributed by atoms with E-state index in [2.05, 4.69) is 25.3 Å². The molecule has 8 heteroatoms. The fourth-order valence-electron chi connectivity index (χ4n) is 2.74. The normalized spacial score (nSPS) is 10.5. The summed E-state index contributed by atoms with van der Waals surface area (Å²) in [6.45, 7) is 4.06. The van der Waals surface area contributed by atoms with Gasteiger partial charge >= 0.3 is 0 Å². The van der Waals surface area contributed by atoms with E-state index in [1.165, 1.54) is 0 Å². The highest BCUT2D eigenvalue weighted by molar-refractivity contribution is 5.92. The number of ether oxygens (including phenoxy) is 1. The van der Waals surface area contributed by atoms with E-state index in [0.717, 1.165) is 5.56 Å². The number of aromatic nitrogens is 4. The molecule has 2 N–H and O–H groups in total. The Kier molecular flexibility index (Phi) is 6.11. The lowest BCUT2D eigenvalue weighted by molar-refractivity contribution is -0.116. The van der Waals surface area contributed by atoms with Crippen LogP contribution in [-0.2, 0) is 11.2 Å². The molecule has 0 radical (unpaired) electrons. The van der Waals surface area contributed by atoms with Crippen LogP contribution in [0.2, 0.25) is 0 Å². The quantitative estimate of drug-likeness (QED) is 0.653. The second-order valence-electron chi connectivity index (χ2n) is 6.05. The molecule has 0 bridgehead atoms. The number of hydrogen-bond acceptors (Lipinski definition) is 6. The van der Waals surface area contributed by atoms with Crippen molar-refractivity contribution in [2.24, 2.45) is 0 Å². The Morgan fingerprint density at radius 2 is 2.00 bits per heavy atom. The van der Waals surface area contributed by atoms with Crippen LogP contribution in [0, 0.1) is 6.92 Å². The van der Waals surface area contributed by atoms with Crippen LogP contribution in [0.1, 0.15) is 24.6 Å². The molecule has 1 amide bonds. The van der Waals surface area contributed by atoms with E-state index in [4.69, 9.17) is 4.74 Å². The van der Waals surface area contributed by atoms with Crippen LogP contribution >= 0.6 is 0 Å². The van der Waals surface area contributed by atoms with Gasteiger partial charge in [-0.3, -0.25) is 14.6 Å². The Morgan fingerprint density at radius 1 is 1.21 bits per heavy atom. The minimum absolute atomic E-state index is 0.140. The number of pyridine rings is 2. The molecular weight excluding hydrogens is 358 g/mol. The van der Waals surface area contributed by atoms with Gasteiger partial charge in [0.25, 0.3) is 5.56 Å². The zero-order valence-electron chi connectivity index (χ0n) is 15.7. The fraction of sp³-hybridized carbons (Fsp3) is 0.250. The molecule has 0 fully saturated rings. The predicted molar refractivity (Wildman–Crippen MR) is 105 cm³/mol. The third-order valence-corrected chi connectivity index (χ3v) is 4.10. The number of aryl methyl sites for hydroxylation is 1. The molecule has 8 nitrogen and oxygen atoms in total. The lowest BCUT2D eigenvalue weighted by atomic mass is 10.1. The average Bonchev–Trinajstić information content (AvgIpc) is 2.69. The van der Waals surface area contributed by atoms with E-state index in [0.29, 0.717) is 35.3 Å². The molecule has 144 valence electrons. The molecule has 3 aromatic rings. The number of hydrogen-bond donors (Lipinski definition) is 2. The van der Waals surface area contributed by atoms with Gasteiger partial charge in [-0.05, 0) is 44.5 Å².